The molecule has 0 saturated carbocycles. The predicted octanol–water partition coefficient (Wildman–Crippen LogP) is 4.55. The van der Waals surface area contributed by atoms with Crippen molar-refractivity contribution in [1.29, 1.82) is 0 Å². The van der Waals surface area contributed by atoms with Crippen LogP contribution in [-0.4, -0.2) is 23.8 Å². The number of carbonyl (C=O) groups is 3. The third-order valence-electron chi connectivity index (χ3n) is 3.77. The molecule has 1 aromatic carbocycles. The van der Waals surface area contributed by atoms with E-state index in [1.807, 2.05) is 13.0 Å². The molecule has 0 aliphatic rings. The lowest BCUT2D eigenvalue weighted by Gasteiger charge is -2.15. The van der Waals surface area contributed by atoms with Crippen molar-refractivity contribution >= 4 is 46.3 Å². The number of hydrogen-bond donors (Lipinski definition) is 1. The largest absolute Gasteiger partial charge is 0.453 e. The van der Waals surface area contributed by atoms with Gasteiger partial charge in [0.25, 0.3) is 5.91 Å². The number of esters is 1. The number of halogens is 1. The Morgan fingerprint density at radius 1 is 1.15 bits per heavy atom. The Labute approximate surface area is 161 Å². The number of carbonyl (C=O) groups excluding carboxylic acids is 3. The molecule has 7 heteroatoms. The molecule has 1 N–H and O–H groups in total. The first-order valence-electron chi connectivity index (χ1n) is 8.13. The van der Waals surface area contributed by atoms with Crippen molar-refractivity contribution in [1.82, 2.24) is 0 Å². The predicted molar refractivity (Wildman–Crippen MR) is 103 cm³/mol. The topological polar surface area (TPSA) is 72.5 Å². The first kappa shape index (κ1) is 20.1. The summed E-state index contributed by atoms with van der Waals surface area (Å²) in [5.41, 5.74) is 1.30. The molecule has 0 saturated heterocycles. The van der Waals surface area contributed by atoms with Crippen LogP contribution in [0.25, 0.3) is 0 Å². The molecule has 1 heterocycles. The van der Waals surface area contributed by atoms with E-state index in [2.05, 4.69) is 5.32 Å². The number of amides is 1. The highest BCUT2D eigenvalue weighted by atomic mass is 35.5. The second-order valence-corrected chi connectivity index (χ2v) is 7.56. The van der Waals surface area contributed by atoms with Crippen molar-refractivity contribution < 1.29 is 19.1 Å². The van der Waals surface area contributed by atoms with Gasteiger partial charge in [0.2, 0.25) is 0 Å². The first-order valence-corrected chi connectivity index (χ1v) is 9.32. The van der Waals surface area contributed by atoms with Crippen LogP contribution in [0.4, 0.5) is 5.69 Å². The standard InChI is InChI=1S/C19H20ClNO4S/c1-11-7-9-17(26-11)16(22)8-10-18(23)25-13(3)19(24)21-15-6-4-5-14(20)12(15)2/h4-7,9,13H,8,10H2,1-3H3,(H,21,24)/t13-/m0/s1. The van der Waals surface area contributed by atoms with Gasteiger partial charge in [0, 0.05) is 22.0 Å². The summed E-state index contributed by atoms with van der Waals surface area (Å²) in [4.78, 5) is 37.7. The number of hydrogen-bond acceptors (Lipinski definition) is 5. The van der Waals surface area contributed by atoms with Crippen LogP contribution < -0.4 is 5.32 Å². The molecule has 2 aromatic rings. The molecule has 0 bridgehead atoms. The van der Waals surface area contributed by atoms with Crippen molar-refractivity contribution in [3.05, 3.63) is 50.7 Å². The Hall–Kier alpha value is -2.18. The second-order valence-electron chi connectivity index (χ2n) is 5.87. The molecule has 0 unspecified atom stereocenters. The summed E-state index contributed by atoms with van der Waals surface area (Å²) in [5, 5.41) is 3.22. The Morgan fingerprint density at radius 2 is 1.88 bits per heavy atom. The van der Waals surface area contributed by atoms with Crippen LogP contribution >= 0.6 is 22.9 Å². The SMILES string of the molecule is Cc1ccc(C(=O)CCC(=O)O[C@@H](C)C(=O)Nc2cccc(Cl)c2C)s1. The zero-order chi connectivity index (χ0) is 19.3. The normalized spacial score (nSPS) is 11.7. The minimum absolute atomic E-state index is 0.0561. The van der Waals surface area contributed by atoms with Gasteiger partial charge in [-0.3, -0.25) is 14.4 Å². The summed E-state index contributed by atoms with van der Waals surface area (Å²) >= 11 is 7.41. The van der Waals surface area contributed by atoms with E-state index in [4.69, 9.17) is 16.3 Å². The molecule has 0 spiro atoms. The fourth-order valence-corrected chi connectivity index (χ4v) is 3.22. The molecule has 0 aliphatic carbocycles. The molecule has 0 fully saturated rings. The number of aryl methyl sites for hydroxylation is 1. The van der Waals surface area contributed by atoms with Gasteiger partial charge >= 0.3 is 5.97 Å². The summed E-state index contributed by atoms with van der Waals surface area (Å²) in [6, 6.07) is 8.77. The highest BCUT2D eigenvalue weighted by Gasteiger charge is 2.20. The fraction of sp³-hybridized carbons (Fsp3) is 0.316. The molecule has 1 aromatic heterocycles. The number of anilines is 1. The molecule has 138 valence electrons. The maximum absolute atomic E-state index is 12.2. The number of thiophene rings is 1. The molecule has 5 nitrogen and oxygen atoms in total. The number of Topliss-reactive ketones (excluding diaryl/α,β-unsaturated/α-hetero) is 1. The van der Waals surface area contributed by atoms with Crippen molar-refractivity contribution in [2.75, 3.05) is 5.32 Å². The van der Waals surface area contributed by atoms with Crippen LogP contribution in [0, 0.1) is 13.8 Å². The van der Waals surface area contributed by atoms with Crippen LogP contribution in [0.3, 0.4) is 0 Å². The summed E-state index contributed by atoms with van der Waals surface area (Å²) in [6.45, 7) is 5.18. The van der Waals surface area contributed by atoms with Gasteiger partial charge in [0.15, 0.2) is 11.9 Å². The molecule has 26 heavy (non-hydrogen) atoms. The Morgan fingerprint density at radius 3 is 2.54 bits per heavy atom. The quantitative estimate of drug-likeness (QED) is 0.553. The summed E-state index contributed by atoms with van der Waals surface area (Å²) in [5.74, 6) is -1.15. The van der Waals surface area contributed by atoms with E-state index < -0.39 is 18.0 Å². The fourth-order valence-electron chi connectivity index (χ4n) is 2.21. The highest BCUT2D eigenvalue weighted by Crippen LogP contribution is 2.23. The van der Waals surface area contributed by atoms with Crippen molar-refractivity contribution in [3.63, 3.8) is 0 Å². The van der Waals surface area contributed by atoms with Gasteiger partial charge in [-0.25, -0.2) is 0 Å². The van der Waals surface area contributed by atoms with Gasteiger partial charge < -0.3 is 10.1 Å². The van der Waals surface area contributed by atoms with Gasteiger partial charge in [0.05, 0.1) is 11.3 Å². The molecule has 0 radical (unpaired) electrons. The van der Waals surface area contributed by atoms with Gasteiger partial charge in [-0.15, -0.1) is 11.3 Å². The highest BCUT2D eigenvalue weighted by molar-refractivity contribution is 7.14. The van der Waals surface area contributed by atoms with Crippen molar-refractivity contribution in [2.24, 2.45) is 0 Å². The average molecular weight is 394 g/mol. The molecule has 0 aliphatic heterocycles. The number of nitrogens with one attached hydrogen (secondary N) is 1. The lowest BCUT2D eigenvalue weighted by atomic mass is 10.2. The third kappa shape index (κ3) is 5.41. The Bertz CT molecular complexity index is 831. The van der Waals surface area contributed by atoms with E-state index in [9.17, 15) is 14.4 Å². The van der Waals surface area contributed by atoms with Gasteiger partial charge in [0.1, 0.15) is 0 Å². The lowest BCUT2D eigenvalue weighted by Crippen LogP contribution is -2.30. The number of rotatable bonds is 7. The monoisotopic (exact) mass is 393 g/mol. The van der Waals surface area contributed by atoms with Crippen molar-refractivity contribution in [2.45, 2.75) is 39.7 Å². The third-order valence-corrected chi connectivity index (χ3v) is 5.23. The Kier molecular flexibility index (Phi) is 6.94. The van der Waals surface area contributed by atoms with Crippen molar-refractivity contribution in [3.8, 4) is 0 Å². The molecule has 1 amide bonds. The van der Waals surface area contributed by atoms with Crippen LogP contribution in [0.5, 0.6) is 0 Å². The maximum atomic E-state index is 12.2. The Balaban J connectivity index is 1.83. The van der Waals surface area contributed by atoms with E-state index in [-0.39, 0.29) is 18.6 Å². The molecular formula is C19H20ClNO4S. The minimum atomic E-state index is -0.972. The molecule has 1 atom stereocenters. The van der Waals surface area contributed by atoms with Crippen LogP contribution in [-0.2, 0) is 14.3 Å². The zero-order valence-corrected chi connectivity index (χ0v) is 16.4. The smallest absolute Gasteiger partial charge is 0.307 e. The van der Waals surface area contributed by atoms with E-state index in [1.165, 1.54) is 18.3 Å². The van der Waals surface area contributed by atoms with Crippen LogP contribution in [0.15, 0.2) is 30.3 Å². The lowest BCUT2D eigenvalue weighted by molar-refractivity contribution is -0.153. The molecule has 2 rings (SSSR count). The van der Waals surface area contributed by atoms with E-state index in [1.54, 1.807) is 31.2 Å². The van der Waals surface area contributed by atoms with E-state index >= 15 is 0 Å². The summed E-state index contributed by atoms with van der Waals surface area (Å²) in [7, 11) is 0. The van der Waals surface area contributed by atoms with Crippen LogP contribution in [0.1, 0.15) is 39.9 Å². The van der Waals surface area contributed by atoms with E-state index in [0.717, 1.165) is 10.4 Å². The summed E-state index contributed by atoms with van der Waals surface area (Å²) < 4.78 is 5.11. The number of ketones is 1. The zero-order valence-electron chi connectivity index (χ0n) is 14.8. The summed E-state index contributed by atoms with van der Waals surface area (Å²) in [6.07, 6.45) is -0.982. The van der Waals surface area contributed by atoms with Crippen LogP contribution in [0.2, 0.25) is 5.02 Å². The minimum Gasteiger partial charge on any atom is -0.453 e. The van der Waals surface area contributed by atoms with Gasteiger partial charge in [-0.2, -0.15) is 0 Å². The van der Waals surface area contributed by atoms with E-state index in [0.29, 0.717) is 15.6 Å². The second kappa shape index (κ2) is 8.96. The number of ether oxygens (including phenoxy) is 1. The first-order chi connectivity index (χ1) is 12.3. The van der Waals surface area contributed by atoms with Gasteiger partial charge in [-0.05, 0) is 50.6 Å². The maximum Gasteiger partial charge on any atom is 0.307 e. The van der Waals surface area contributed by atoms with Gasteiger partial charge in [-0.1, -0.05) is 17.7 Å². The number of benzene rings is 1. The average Bonchev–Trinajstić information content (AvgIpc) is 3.03. The molecular weight excluding hydrogens is 374 g/mol.